The number of rotatable bonds is 9. The summed E-state index contributed by atoms with van der Waals surface area (Å²) >= 11 is 0. The highest BCUT2D eigenvalue weighted by atomic mass is 16.1. The first-order valence-corrected chi connectivity index (χ1v) is 9.57. The fourth-order valence-electron chi connectivity index (χ4n) is 3.42. The minimum Gasteiger partial charge on any atom is -0.369 e. The van der Waals surface area contributed by atoms with Crippen LogP contribution in [0.3, 0.4) is 0 Å². The molecule has 0 radical (unpaired) electrons. The number of piperidine rings is 1. The van der Waals surface area contributed by atoms with Crippen molar-refractivity contribution < 1.29 is 4.79 Å². The molecule has 1 heterocycles. The van der Waals surface area contributed by atoms with Gasteiger partial charge in [0.1, 0.15) is 0 Å². The molecule has 0 unspecified atom stereocenters. The summed E-state index contributed by atoms with van der Waals surface area (Å²) < 4.78 is 0. The van der Waals surface area contributed by atoms with E-state index in [1.54, 1.807) is 0 Å². The van der Waals surface area contributed by atoms with Crippen LogP contribution < -0.4 is 16.4 Å². The van der Waals surface area contributed by atoms with Crippen molar-refractivity contribution in [3.05, 3.63) is 0 Å². The summed E-state index contributed by atoms with van der Waals surface area (Å²) in [5, 5.41) is 6.91. The number of hydrogen-bond acceptors (Lipinski definition) is 4. The van der Waals surface area contributed by atoms with E-state index in [0.29, 0.717) is 24.7 Å². The Morgan fingerprint density at radius 3 is 2.32 bits per heavy atom. The molecule has 1 aliphatic heterocycles. The summed E-state index contributed by atoms with van der Waals surface area (Å²) in [6, 6.07) is 1.55. The molecule has 0 saturated carbocycles. The molecular formula is C18H38N6O. The Morgan fingerprint density at radius 2 is 1.84 bits per heavy atom. The van der Waals surface area contributed by atoms with Gasteiger partial charge in [-0.1, -0.05) is 0 Å². The summed E-state index contributed by atoms with van der Waals surface area (Å²) in [4.78, 5) is 19.9. The van der Waals surface area contributed by atoms with Gasteiger partial charge < -0.3 is 16.4 Å². The van der Waals surface area contributed by atoms with E-state index in [0.717, 1.165) is 51.4 Å². The summed E-state index contributed by atoms with van der Waals surface area (Å²) in [7, 11) is 1.81. The van der Waals surface area contributed by atoms with Gasteiger partial charge in [0.05, 0.1) is 6.54 Å². The SMILES string of the molecule is CN=C(NCCCN(C(C)C)C(C)C)NC1CCN(CC(N)=O)CC1. The van der Waals surface area contributed by atoms with Crippen LogP contribution in [0, 0.1) is 0 Å². The zero-order chi connectivity index (χ0) is 18.8. The number of primary amides is 1. The standard InChI is InChI=1S/C18H38N6O/c1-14(2)24(15(3)4)10-6-9-21-18(20-5)22-16-7-11-23(12-8-16)13-17(19)25/h14-16H,6-13H2,1-5H3,(H2,19,25)(H2,20,21,22). The molecule has 1 aliphatic rings. The quantitative estimate of drug-likeness (QED) is 0.321. The van der Waals surface area contributed by atoms with Crippen LogP contribution >= 0.6 is 0 Å². The van der Waals surface area contributed by atoms with Crippen LogP contribution in [0.2, 0.25) is 0 Å². The smallest absolute Gasteiger partial charge is 0.231 e. The first-order valence-electron chi connectivity index (χ1n) is 9.57. The Labute approximate surface area is 153 Å². The molecular weight excluding hydrogens is 316 g/mol. The number of hydrogen-bond donors (Lipinski definition) is 3. The third kappa shape index (κ3) is 8.54. The molecule has 0 atom stereocenters. The highest BCUT2D eigenvalue weighted by Gasteiger charge is 2.20. The van der Waals surface area contributed by atoms with Crippen molar-refractivity contribution in [2.75, 3.05) is 39.8 Å². The van der Waals surface area contributed by atoms with E-state index in [1.165, 1.54) is 0 Å². The van der Waals surface area contributed by atoms with Crippen LogP contribution in [0.25, 0.3) is 0 Å². The molecule has 4 N–H and O–H groups in total. The van der Waals surface area contributed by atoms with Crippen molar-refractivity contribution in [1.82, 2.24) is 20.4 Å². The van der Waals surface area contributed by atoms with Crippen molar-refractivity contribution in [1.29, 1.82) is 0 Å². The van der Waals surface area contributed by atoms with Crippen molar-refractivity contribution in [3.8, 4) is 0 Å². The second-order valence-corrected chi connectivity index (χ2v) is 7.44. The largest absolute Gasteiger partial charge is 0.369 e. The third-order valence-corrected chi connectivity index (χ3v) is 4.74. The average molecular weight is 355 g/mol. The van der Waals surface area contributed by atoms with Crippen molar-refractivity contribution >= 4 is 11.9 Å². The van der Waals surface area contributed by atoms with Crippen LogP contribution in [-0.4, -0.2) is 79.6 Å². The number of likely N-dealkylation sites (tertiary alicyclic amines) is 1. The summed E-state index contributed by atoms with van der Waals surface area (Å²) in [6.07, 6.45) is 3.10. The number of aliphatic imine (C=N–C) groups is 1. The maximum Gasteiger partial charge on any atom is 0.231 e. The van der Waals surface area contributed by atoms with Gasteiger partial charge in [0.25, 0.3) is 0 Å². The molecule has 0 spiro atoms. The maximum absolute atomic E-state index is 11.0. The van der Waals surface area contributed by atoms with Crippen LogP contribution in [0.1, 0.15) is 47.0 Å². The molecule has 0 aliphatic carbocycles. The Balaban J connectivity index is 2.26. The minimum absolute atomic E-state index is 0.249. The number of amides is 1. The first kappa shape index (κ1) is 21.7. The maximum atomic E-state index is 11.0. The fraction of sp³-hybridized carbons (Fsp3) is 0.889. The molecule has 1 rings (SSSR count). The number of nitrogens with two attached hydrogens (primary N) is 1. The van der Waals surface area contributed by atoms with Crippen LogP contribution in [0.4, 0.5) is 0 Å². The molecule has 0 aromatic heterocycles. The van der Waals surface area contributed by atoms with Crippen molar-refractivity contribution in [3.63, 3.8) is 0 Å². The second kappa shape index (κ2) is 11.3. The van der Waals surface area contributed by atoms with E-state index >= 15 is 0 Å². The predicted molar refractivity (Wildman–Crippen MR) is 105 cm³/mol. The minimum atomic E-state index is -0.249. The molecule has 1 fully saturated rings. The van der Waals surface area contributed by atoms with Crippen LogP contribution in [-0.2, 0) is 4.79 Å². The van der Waals surface area contributed by atoms with Gasteiger partial charge in [0.15, 0.2) is 5.96 Å². The van der Waals surface area contributed by atoms with Crippen LogP contribution in [0.15, 0.2) is 4.99 Å². The lowest BCUT2D eigenvalue weighted by Gasteiger charge is -2.32. The van der Waals surface area contributed by atoms with Gasteiger partial charge in [0, 0.05) is 51.4 Å². The Bertz CT molecular complexity index is 408. The molecule has 0 aromatic carbocycles. The van der Waals surface area contributed by atoms with Crippen molar-refractivity contribution in [2.45, 2.75) is 65.1 Å². The molecule has 0 bridgehead atoms. The molecule has 1 amide bonds. The zero-order valence-electron chi connectivity index (χ0n) is 16.7. The fourth-order valence-corrected chi connectivity index (χ4v) is 3.42. The number of carbonyl (C=O) groups is 1. The van der Waals surface area contributed by atoms with E-state index in [2.05, 4.69) is 53.1 Å². The highest BCUT2D eigenvalue weighted by Crippen LogP contribution is 2.09. The zero-order valence-corrected chi connectivity index (χ0v) is 16.7. The van der Waals surface area contributed by atoms with Gasteiger partial charge in [-0.2, -0.15) is 0 Å². The molecule has 7 heteroatoms. The molecule has 7 nitrogen and oxygen atoms in total. The summed E-state index contributed by atoms with van der Waals surface area (Å²) in [5.74, 6) is 0.620. The average Bonchev–Trinajstić information content (AvgIpc) is 2.53. The lowest BCUT2D eigenvalue weighted by atomic mass is 10.1. The molecule has 146 valence electrons. The van der Waals surface area contributed by atoms with Crippen molar-refractivity contribution in [2.24, 2.45) is 10.7 Å². The molecule has 1 saturated heterocycles. The van der Waals surface area contributed by atoms with Gasteiger partial charge in [-0.15, -0.1) is 0 Å². The molecule has 0 aromatic rings. The van der Waals surface area contributed by atoms with E-state index in [-0.39, 0.29) is 5.91 Å². The Morgan fingerprint density at radius 1 is 1.24 bits per heavy atom. The summed E-state index contributed by atoms with van der Waals surface area (Å²) in [5.41, 5.74) is 5.26. The number of carbonyl (C=O) groups excluding carboxylic acids is 1. The van der Waals surface area contributed by atoms with E-state index < -0.39 is 0 Å². The second-order valence-electron chi connectivity index (χ2n) is 7.44. The first-order chi connectivity index (χ1) is 11.8. The monoisotopic (exact) mass is 354 g/mol. The van der Waals surface area contributed by atoms with E-state index in [9.17, 15) is 4.79 Å². The van der Waals surface area contributed by atoms with Gasteiger partial charge in [-0.05, 0) is 47.0 Å². The lowest BCUT2D eigenvalue weighted by Crippen LogP contribution is -2.50. The van der Waals surface area contributed by atoms with Crippen LogP contribution in [0.5, 0.6) is 0 Å². The van der Waals surface area contributed by atoms with Gasteiger partial charge in [0.2, 0.25) is 5.91 Å². The third-order valence-electron chi connectivity index (χ3n) is 4.74. The predicted octanol–water partition coefficient (Wildman–Crippen LogP) is 0.610. The summed E-state index contributed by atoms with van der Waals surface area (Å²) in [6.45, 7) is 13.2. The lowest BCUT2D eigenvalue weighted by molar-refractivity contribution is -0.119. The topological polar surface area (TPSA) is 86.0 Å². The number of guanidine groups is 1. The molecule has 25 heavy (non-hydrogen) atoms. The Kier molecular flexibility index (Phi) is 9.82. The number of nitrogens with zero attached hydrogens (tertiary/aromatic N) is 3. The highest BCUT2D eigenvalue weighted by molar-refractivity contribution is 5.80. The van der Waals surface area contributed by atoms with Gasteiger partial charge in [-0.25, -0.2) is 0 Å². The van der Waals surface area contributed by atoms with Gasteiger partial charge >= 0.3 is 0 Å². The van der Waals surface area contributed by atoms with E-state index in [4.69, 9.17) is 5.73 Å². The van der Waals surface area contributed by atoms with E-state index in [1.807, 2.05) is 7.05 Å². The number of nitrogens with one attached hydrogen (secondary N) is 2. The Hall–Kier alpha value is -1.34. The normalized spacial score (nSPS) is 17.5. The van der Waals surface area contributed by atoms with Gasteiger partial charge in [-0.3, -0.25) is 19.6 Å².